The number of fused-ring (bicyclic) bond motifs is 3. The van der Waals surface area contributed by atoms with Gasteiger partial charge in [0, 0.05) is 22.7 Å². The molecule has 0 saturated carbocycles. The van der Waals surface area contributed by atoms with Crippen LogP contribution in [0.3, 0.4) is 0 Å². The van der Waals surface area contributed by atoms with Crippen molar-refractivity contribution in [3.63, 3.8) is 0 Å². The van der Waals surface area contributed by atoms with Crippen molar-refractivity contribution < 1.29 is 18.7 Å². The van der Waals surface area contributed by atoms with E-state index in [9.17, 15) is 4.79 Å². The lowest BCUT2D eigenvalue weighted by molar-refractivity contribution is -0.143. The highest BCUT2D eigenvalue weighted by atomic mass is 35.5. The number of hydrogen-bond acceptors (Lipinski definition) is 5. The van der Waals surface area contributed by atoms with E-state index >= 15 is 0 Å². The van der Waals surface area contributed by atoms with Gasteiger partial charge in [-0.2, -0.15) is 0 Å². The molecule has 29 heavy (non-hydrogen) atoms. The van der Waals surface area contributed by atoms with Crippen molar-refractivity contribution in [2.24, 2.45) is 0 Å². The SMILES string of the molecule is CCOC(=O)CC1CCCCCc2[nH]c3cc(OCc4ncc(Cl)o4)ccc3c21. The number of H-pyrrole nitrogens is 1. The number of aromatic nitrogens is 2. The summed E-state index contributed by atoms with van der Waals surface area (Å²) in [6.07, 6.45) is 7.35. The molecule has 6 nitrogen and oxygen atoms in total. The number of aryl methyl sites for hydroxylation is 1. The molecule has 1 N–H and O–H groups in total. The standard InChI is InChI=1S/C22H25ClN2O4/c1-2-27-21(26)10-14-6-4-3-5-7-17-22(14)16-9-8-15(11-18(16)25-17)28-13-20-24-12-19(23)29-20/h8-9,11-12,14,25H,2-7,10,13H2,1H3. The molecule has 0 spiro atoms. The molecule has 0 saturated heterocycles. The van der Waals surface area contributed by atoms with Crippen molar-refractivity contribution in [2.45, 2.75) is 58.0 Å². The van der Waals surface area contributed by atoms with Gasteiger partial charge in [-0.15, -0.1) is 0 Å². The fraction of sp³-hybridized carbons (Fsp3) is 0.455. The fourth-order valence-corrected chi connectivity index (χ4v) is 4.28. The average Bonchev–Trinajstić information content (AvgIpc) is 3.26. The number of benzene rings is 1. The first kappa shape index (κ1) is 19.8. The highest BCUT2D eigenvalue weighted by molar-refractivity contribution is 6.28. The van der Waals surface area contributed by atoms with E-state index in [0.29, 0.717) is 18.9 Å². The number of halogens is 1. The van der Waals surface area contributed by atoms with Crippen LogP contribution in [-0.2, 0) is 22.6 Å². The van der Waals surface area contributed by atoms with Crippen LogP contribution in [0.1, 0.15) is 62.1 Å². The van der Waals surface area contributed by atoms with Gasteiger partial charge in [0.2, 0.25) is 11.1 Å². The summed E-state index contributed by atoms with van der Waals surface area (Å²) in [5.41, 5.74) is 3.51. The first-order chi connectivity index (χ1) is 14.1. The second-order valence-corrected chi connectivity index (χ2v) is 7.75. The van der Waals surface area contributed by atoms with Gasteiger partial charge in [0.1, 0.15) is 5.75 Å². The molecule has 0 bridgehead atoms. The molecule has 154 valence electrons. The number of rotatable bonds is 6. The van der Waals surface area contributed by atoms with Gasteiger partial charge in [-0.1, -0.05) is 12.8 Å². The Bertz CT molecular complexity index is 994. The predicted molar refractivity (Wildman–Crippen MR) is 110 cm³/mol. The van der Waals surface area contributed by atoms with E-state index in [1.807, 2.05) is 19.1 Å². The van der Waals surface area contributed by atoms with Crippen LogP contribution in [0.5, 0.6) is 5.75 Å². The predicted octanol–water partition coefficient (Wildman–Crippen LogP) is 5.54. The van der Waals surface area contributed by atoms with Gasteiger partial charge in [0.15, 0.2) is 6.61 Å². The van der Waals surface area contributed by atoms with Crippen molar-refractivity contribution in [3.8, 4) is 5.75 Å². The Labute approximate surface area is 174 Å². The normalized spacial score (nSPS) is 16.8. The maximum Gasteiger partial charge on any atom is 0.306 e. The molecule has 1 aromatic carbocycles. The Hall–Kier alpha value is -2.47. The van der Waals surface area contributed by atoms with Crippen LogP contribution < -0.4 is 4.74 Å². The van der Waals surface area contributed by atoms with Crippen molar-refractivity contribution in [1.82, 2.24) is 9.97 Å². The minimum absolute atomic E-state index is 0.122. The quantitative estimate of drug-likeness (QED) is 0.533. The number of carbonyl (C=O) groups is 1. The van der Waals surface area contributed by atoms with Crippen LogP contribution >= 0.6 is 11.6 Å². The van der Waals surface area contributed by atoms with Crippen LogP contribution in [0.4, 0.5) is 0 Å². The number of carbonyl (C=O) groups excluding carboxylic acids is 1. The van der Waals surface area contributed by atoms with E-state index in [1.54, 1.807) is 0 Å². The number of hydrogen-bond donors (Lipinski definition) is 1. The second kappa shape index (κ2) is 8.91. The molecule has 2 heterocycles. The van der Waals surface area contributed by atoms with Gasteiger partial charge in [0.05, 0.1) is 19.2 Å². The molecule has 4 rings (SSSR count). The summed E-state index contributed by atoms with van der Waals surface area (Å²) >= 11 is 5.75. The van der Waals surface area contributed by atoms with Gasteiger partial charge < -0.3 is 18.9 Å². The van der Waals surface area contributed by atoms with Gasteiger partial charge in [-0.25, -0.2) is 4.98 Å². The van der Waals surface area contributed by atoms with Crippen LogP contribution in [0.15, 0.2) is 28.8 Å². The molecule has 0 aliphatic heterocycles. The maximum absolute atomic E-state index is 12.2. The largest absolute Gasteiger partial charge is 0.484 e. The van der Waals surface area contributed by atoms with Crippen molar-refractivity contribution >= 4 is 28.5 Å². The van der Waals surface area contributed by atoms with E-state index in [2.05, 4.69) is 16.0 Å². The Balaban J connectivity index is 1.60. The molecule has 2 aromatic heterocycles. The van der Waals surface area contributed by atoms with Gasteiger partial charge in [0.25, 0.3) is 0 Å². The maximum atomic E-state index is 12.2. The number of nitrogens with zero attached hydrogens (tertiary/aromatic N) is 1. The van der Waals surface area contributed by atoms with Crippen LogP contribution in [0, 0.1) is 0 Å². The Kier molecular flexibility index (Phi) is 6.09. The third-order valence-corrected chi connectivity index (χ3v) is 5.56. The monoisotopic (exact) mass is 416 g/mol. The van der Waals surface area contributed by atoms with Crippen molar-refractivity contribution in [2.75, 3.05) is 6.61 Å². The Morgan fingerprint density at radius 2 is 2.24 bits per heavy atom. The fourth-order valence-electron chi connectivity index (χ4n) is 4.15. The number of nitrogens with one attached hydrogen (secondary N) is 1. The zero-order valence-corrected chi connectivity index (χ0v) is 17.3. The van der Waals surface area contributed by atoms with Crippen LogP contribution in [-0.4, -0.2) is 22.5 Å². The zero-order valence-electron chi connectivity index (χ0n) is 16.5. The first-order valence-corrected chi connectivity index (χ1v) is 10.5. The number of oxazole rings is 1. The molecule has 3 aromatic rings. The molecule has 1 unspecified atom stereocenters. The van der Waals surface area contributed by atoms with Crippen LogP contribution in [0.2, 0.25) is 5.22 Å². The van der Waals surface area contributed by atoms with E-state index < -0.39 is 0 Å². The van der Waals surface area contributed by atoms with E-state index in [0.717, 1.165) is 42.3 Å². The van der Waals surface area contributed by atoms with Gasteiger partial charge >= 0.3 is 5.97 Å². The number of esters is 1. The molecule has 1 atom stereocenters. The molecule has 0 radical (unpaired) electrons. The zero-order chi connectivity index (χ0) is 20.2. The average molecular weight is 417 g/mol. The first-order valence-electron chi connectivity index (χ1n) is 10.2. The highest BCUT2D eigenvalue weighted by Gasteiger charge is 2.25. The van der Waals surface area contributed by atoms with E-state index in [4.69, 9.17) is 25.5 Å². The lowest BCUT2D eigenvalue weighted by atomic mass is 9.85. The highest BCUT2D eigenvalue weighted by Crippen LogP contribution is 2.38. The van der Waals surface area contributed by atoms with E-state index in [-0.39, 0.29) is 23.7 Å². The summed E-state index contributed by atoms with van der Waals surface area (Å²) < 4.78 is 16.3. The summed E-state index contributed by atoms with van der Waals surface area (Å²) in [5, 5.41) is 1.40. The molecular formula is C22H25ClN2O4. The molecular weight excluding hydrogens is 392 g/mol. The summed E-state index contributed by atoms with van der Waals surface area (Å²) in [6.45, 7) is 2.48. The molecule has 1 aliphatic rings. The minimum Gasteiger partial charge on any atom is -0.484 e. The lowest BCUT2D eigenvalue weighted by Gasteiger charge is -2.20. The lowest BCUT2D eigenvalue weighted by Crippen LogP contribution is -2.13. The van der Waals surface area contributed by atoms with E-state index in [1.165, 1.54) is 23.9 Å². The Morgan fingerprint density at radius 1 is 1.34 bits per heavy atom. The minimum atomic E-state index is -0.122. The van der Waals surface area contributed by atoms with Gasteiger partial charge in [-0.3, -0.25) is 4.79 Å². The number of aromatic amines is 1. The third-order valence-electron chi connectivity index (χ3n) is 5.39. The topological polar surface area (TPSA) is 77.4 Å². The molecule has 0 fully saturated rings. The molecule has 7 heteroatoms. The second-order valence-electron chi connectivity index (χ2n) is 7.38. The smallest absolute Gasteiger partial charge is 0.306 e. The van der Waals surface area contributed by atoms with Crippen LogP contribution in [0.25, 0.3) is 10.9 Å². The summed E-state index contributed by atoms with van der Waals surface area (Å²) in [5.74, 6) is 1.22. The van der Waals surface area contributed by atoms with Crippen molar-refractivity contribution in [3.05, 3.63) is 46.8 Å². The molecule has 1 aliphatic carbocycles. The summed E-state index contributed by atoms with van der Waals surface area (Å²) in [7, 11) is 0. The number of ether oxygens (including phenoxy) is 2. The van der Waals surface area contributed by atoms with Gasteiger partial charge in [-0.05, 0) is 61.4 Å². The summed E-state index contributed by atoms with van der Waals surface area (Å²) in [6, 6.07) is 6.01. The van der Waals surface area contributed by atoms with Crippen molar-refractivity contribution in [1.29, 1.82) is 0 Å². The Morgan fingerprint density at radius 3 is 3.03 bits per heavy atom. The third kappa shape index (κ3) is 4.58. The summed E-state index contributed by atoms with van der Waals surface area (Å²) in [4.78, 5) is 19.8. The molecule has 0 amide bonds.